The summed E-state index contributed by atoms with van der Waals surface area (Å²) in [5.41, 5.74) is 2.79. The smallest absolute Gasteiger partial charge is 0.183 e. The Morgan fingerprint density at radius 2 is 2.00 bits per heavy atom. The molecular formula is C22H21ClN2O2S. The van der Waals surface area contributed by atoms with Crippen LogP contribution < -0.4 is 5.32 Å². The van der Waals surface area contributed by atoms with Gasteiger partial charge in [-0.25, -0.2) is 4.98 Å². The number of Topliss-reactive ketones (excluding diaryl/α,β-unsaturated/α-hetero) is 1. The summed E-state index contributed by atoms with van der Waals surface area (Å²) >= 11 is 7.73. The van der Waals surface area contributed by atoms with Crippen LogP contribution in [0.4, 0.5) is 5.13 Å². The number of nitrogens with zero attached hydrogens (tertiary/aromatic N) is 1. The van der Waals surface area contributed by atoms with Crippen molar-refractivity contribution in [2.24, 2.45) is 5.92 Å². The summed E-state index contributed by atoms with van der Waals surface area (Å²) in [5, 5.41) is 16.4. The molecule has 4 nitrogen and oxygen atoms in total. The van der Waals surface area contributed by atoms with Gasteiger partial charge in [-0.3, -0.25) is 4.79 Å². The Balaban J connectivity index is 1.62. The quantitative estimate of drug-likeness (QED) is 0.532. The van der Waals surface area contributed by atoms with Crippen LogP contribution in [-0.4, -0.2) is 15.9 Å². The van der Waals surface area contributed by atoms with Crippen LogP contribution in [-0.2, 0) is 4.79 Å². The third-order valence-electron chi connectivity index (χ3n) is 5.16. The van der Waals surface area contributed by atoms with Gasteiger partial charge >= 0.3 is 0 Å². The lowest BCUT2D eigenvalue weighted by Crippen LogP contribution is -2.30. The average molecular weight is 413 g/mol. The Morgan fingerprint density at radius 3 is 2.75 bits per heavy atom. The number of benzene rings is 2. The first kappa shape index (κ1) is 19.0. The number of phenols is 1. The number of thiazole rings is 1. The maximum absolute atomic E-state index is 12.6. The summed E-state index contributed by atoms with van der Waals surface area (Å²) in [7, 11) is 0. The highest BCUT2D eigenvalue weighted by Crippen LogP contribution is 2.37. The van der Waals surface area contributed by atoms with Gasteiger partial charge in [-0.05, 0) is 54.8 Å². The SMILES string of the molecule is O=C1CCCCC1C(Nc1nc(-c2ccc(O)cc2)cs1)c1cccc(Cl)c1. The van der Waals surface area contributed by atoms with Crippen LogP contribution in [0.1, 0.15) is 37.3 Å². The van der Waals surface area contributed by atoms with Crippen molar-refractivity contribution >= 4 is 33.9 Å². The molecule has 2 unspecified atom stereocenters. The van der Waals surface area contributed by atoms with Crippen LogP contribution in [0.25, 0.3) is 11.3 Å². The minimum Gasteiger partial charge on any atom is -0.508 e. The molecule has 0 bridgehead atoms. The van der Waals surface area contributed by atoms with E-state index in [-0.39, 0.29) is 17.7 Å². The van der Waals surface area contributed by atoms with E-state index in [1.54, 1.807) is 12.1 Å². The largest absolute Gasteiger partial charge is 0.508 e. The lowest BCUT2D eigenvalue weighted by atomic mass is 9.80. The fraction of sp³-hybridized carbons (Fsp3) is 0.273. The van der Waals surface area contributed by atoms with Gasteiger partial charge in [0.2, 0.25) is 0 Å². The minimum absolute atomic E-state index is 0.0757. The highest BCUT2D eigenvalue weighted by Gasteiger charge is 2.32. The number of aromatic hydroxyl groups is 1. The van der Waals surface area contributed by atoms with Crippen molar-refractivity contribution in [3.05, 3.63) is 64.5 Å². The number of hydrogen-bond acceptors (Lipinski definition) is 5. The number of aromatic nitrogens is 1. The number of carbonyl (C=O) groups is 1. The highest BCUT2D eigenvalue weighted by atomic mass is 35.5. The number of ketones is 1. The molecule has 0 aliphatic heterocycles. The monoisotopic (exact) mass is 412 g/mol. The van der Waals surface area contributed by atoms with E-state index in [0.717, 1.165) is 41.2 Å². The van der Waals surface area contributed by atoms with Gasteiger partial charge in [-0.2, -0.15) is 0 Å². The number of rotatable bonds is 5. The van der Waals surface area contributed by atoms with Crippen molar-refractivity contribution in [1.82, 2.24) is 4.98 Å². The van der Waals surface area contributed by atoms with Gasteiger partial charge in [0, 0.05) is 28.3 Å². The van der Waals surface area contributed by atoms with Gasteiger partial charge in [-0.1, -0.05) is 30.2 Å². The first-order valence-corrected chi connectivity index (χ1v) is 10.7. The Kier molecular flexibility index (Phi) is 5.64. The molecule has 1 fully saturated rings. The van der Waals surface area contributed by atoms with E-state index in [1.165, 1.54) is 11.3 Å². The molecule has 1 aromatic heterocycles. The number of anilines is 1. The molecule has 2 atom stereocenters. The van der Waals surface area contributed by atoms with Crippen molar-refractivity contribution in [3.8, 4) is 17.0 Å². The first-order valence-electron chi connectivity index (χ1n) is 9.40. The summed E-state index contributed by atoms with van der Waals surface area (Å²) in [6.07, 6.45) is 3.55. The summed E-state index contributed by atoms with van der Waals surface area (Å²) < 4.78 is 0. The Hall–Kier alpha value is -2.37. The third kappa shape index (κ3) is 4.21. The lowest BCUT2D eigenvalue weighted by Gasteiger charge is -2.30. The molecule has 1 aliphatic rings. The zero-order valence-electron chi connectivity index (χ0n) is 15.3. The van der Waals surface area contributed by atoms with Crippen LogP contribution in [0.2, 0.25) is 5.02 Å². The highest BCUT2D eigenvalue weighted by molar-refractivity contribution is 7.14. The molecular weight excluding hydrogens is 392 g/mol. The fourth-order valence-corrected chi connectivity index (χ4v) is 4.67. The van der Waals surface area contributed by atoms with E-state index < -0.39 is 0 Å². The van der Waals surface area contributed by atoms with Gasteiger partial charge in [0.15, 0.2) is 5.13 Å². The number of halogens is 1. The second kappa shape index (κ2) is 8.33. The maximum atomic E-state index is 12.6. The molecule has 0 spiro atoms. The van der Waals surface area contributed by atoms with Crippen LogP contribution in [0.3, 0.4) is 0 Å². The molecule has 144 valence electrons. The van der Waals surface area contributed by atoms with Crippen molar-refractivity contribution in [2.45, 2.75) is 31.7 Å². The van der Waals surface area contributed by atoms with E-state index in [0.29, 0.717) is 17.2 Å². The number of hydrogen-bond donors (Lipinski definition) is 2. The second-order valence-electron chi connectivity index (χ2n) is 7.08. The van der Waals surface area contributed by atoms with Crippen LogP contribution in [0.15, 0.2) is 53.9 Å². The van der Waals surface area contributed by atoms with Gasteiger partial charge in [-0.15, -0.1) is 11.3 Å². The van der Waals surface area contributed by atoms with E-state index in [4.69, 9.17) is 16.6 Å². The predicted molar refractivity (Wildman–Crippen MR) is 114 cm³/mol. The van der Waals surface area contributed by atoms with E-state index >= 15 is 0 Å². The lowest BCUT2D eigenvalue weighted by molar-refractivity contribution is -0.125. The summed E-state index contributed by atoms with van der Waals surface area (Å²) in [4.78, 5) is 17.3. The number of carbonyl (C=O) groups excluding carboxylic acids is 1. The van der Waals surface area contributed by atoms with Crippen molar-refractivity contribution in [2.75, 3.05) is 5.32 Å². The molecule has 6 heteroatoms. The molecule has 28 heavy (non-hydrogen) atoms. The maximum Gasteiger partial charge on any atom is 0.183 e. The number of phenolic OH excluding ortho intramolecular Hbond substituents is 1. The van der Waals surface area contributed by atoms with Gasteiger partial charge < -0.3 is 10.4 Å². The molecule has 3 aromatic rings. The first-order chi connectivity index (χ1) is 13.6. The summed E-state index contributed by atoms with van der Waals surface area (Å²) in [5.74, 6) is 0.460. The van der Waals surface area contributed by atoms with E-state index in [1.807, 2.05) is 41.8 Å². The van der Waals surface area contributed by atoms with Crippen molar-refractivity contribution in [1.29, 1.82) is 0 Å². The van der Waals surface area contributed by atoms with Gasteiger partial charge in [0.05, 0.1) is 11.7 Å². The zero-order valence-corrected chi connectivity index (χ0v) is 16.8. The molecule has 2 aromatic carbocycles. The fourth-order valence-electron chi connectivity index (χ4n) is 3.72. The van der Waals surface area contributed by atoms with Crippen molar-refractivity contribution < 1.29 is 9.90 Å². The van der Waals surface area contributed by atoms with E-state index in [9.17, 15) is 9.90 Å². The average Bonchev–Trinajstić information content (AvgIpc) is 3.16. The summed E-state index contributed by atoms with van der Waals surface area (Å²) in [6.45, 7) is 0. The Labute approximate surface area is 173 Å². The standard InChI is InChI=1S/C22H21ClN2O2S/c23-16-5-3-4-15(12-16)21(18-6-1-2-7-20(18)27)25-22-24-19(13-28-22)14-8-10-17(26)11-9-14/h3-5,8-13,18,21,26H,1-2,6-7H2,(H,24,25). The number of nitrogens with one attached hydrogen (secondary N) is 1. The van der Waals surface area contributed by atoms with Gasteiger partial charge in [0.25, 0.3) is 0 Å². The zero-order chi connectivity index (χ0) is 19.5. The Morgan fingerprint density at radius 1 is 1.18 bits per heavy atom. The van der Waals surface area contributed by atoms with Crippen LogP contribution >= 0.6 is 22.9 Å². The minimum atomic E-state index is -0.148. The topological polar surface area (TPSA) is 62.2 Å². The van der Waals surface area contributed by atoms with E-state index in [2.05, 4.69) is 5.32 Å². The molecule has 4 rings (SSSR count). The normalized spacial score (nSPS) is 18.0. The predicted octanol–water partition coefficient (Wildman–Crippen LogP) is 6.08. The summed E-state index contributed by atoms with van der Waals surface area (Å²) in [6, 6.07) is 14.5. The molecule has 1 heterocycles. The van der Waals surface area contributed by atoms with Crippen LogP contribution in [0.5, 0.6) is 5.75 Å². The molecule has 0 radical (unpaired) electrons. The molecule has 1 saturated carbocycles. The van der Waals surface area contributed by atoms with Gasteiger partial charge in [0.1, 0.15) is 11.5 Å². The van der Waals surface area contributed by atoms with Crippen LogP contribution in [0, 0.1) is 5.92 Å². The third-order valence-corrected chi connectivity index (χ3v) is 6.17. The Bertz CT molecular complexity index is 971. The molecule has 2 N–H and O–H groups in total. The molecule has 0 amide bonds. The van der Waals surface area contributed by atoms with Crippen molar-refractivity contribution in [3.63, 3.8) is 0 Å². The molecule has 0 saturated heterocycles. The second-order valence-corrected chi connectivity index (χ2v) is 8.37. The molecule has 1 aliphatic carbocycles.